The normalized spacial score (nSPS) is 11.0. The Labute approximate surface area is 118 Å². The number of nitrogens with two attached hydrogens (primary N) is 1. The third-order valence-corrected chi connectivity index (χ3v) is 2.06. The van der Waals surface area contributed by atoms with Gasteiger partial charge in [-0.05, 0) is 29.8 Å². The summed E-state index contributed by atoms with van der Waals surface area (Å²) < 4.78 is 0.761. The highest BCUT2D eigenvalue weighted by atomic mass is 127. The van der Waals surface area contributed by atoms with Gasteiger partial charge in [0, 0.05) is 0 Å². The molecule has 0 heterocycles. The molecule has 17 heavy (non-hydrogen) atoms. The predicted molar refractivity (Wildman–Crippen MR) is 66.3 cm³/mol. The first-order chi connectivity index (χ1) is 7.39. The molecule has 0 aliphatic rings. The fraction of sp³-hybridized carbons (Fsp3) is 0.273. The number of carbonyl (C=O) groups is 1. The van der Waals surface area contributed by atoms with Crippen LogP contribution in [0.4, 0.5) is 10.5 Å². The molecule has 2 amide bonds. The zero-order valence-corrected chi connectivity index (χ0v) is 12.3. The minimum Gasteiger partial charge on any atom is -1.00 e. The maximum absolute atomic E-state index is 10.4. The van der Waals surface area contributed by atoms with Crippen LogP contribution in [0.15, 0.2) is 29.4 Å². The standard InChI is InChI=1S/C11H16N4O.HI/c1-15(2,3)10-6-4-9(5-7-10)8-13-14-11(12)16;/h4-8H,1-3H3,(H2-,12,14,16);1H. The number of urea groups is 1. The van der Waals surface area contributed by atoms with Gasteiger partial charge in [-0.2, -0.15) is 5.10 Å². The molecule has 0 radical (unpaired) electrons. The molecule has 1 aromatic carbocycles. The van der Waals surface area contributed by atoms with Crippen LogP contribution in [0.1, 0.15) is 5.56 Å². The molecule has 6 heteroatoms. The number of benzene rings is 1. The number of hydrogen-bond donors (Lipinski definition) is 2. The van der Waals surface area contributed by atoms with Gasteiger partial charge < -0.3 is 29.7 Å². The molecule has 0 spiro atoms. The summed E-state index contributed by atoms with van der Waals surface area (Å²) in [6, 6.07) is 7.24. The Bertz CT molecular complexity index is 395. The Kier molecular flexibility index (Phi) is 6.11. The first-order valence-electron chi connectivity index (χ1n) is 4.90. The van der Waals surface area contributed by atoms with E-state index in [1.54, 1.807) is 6.21 Å². The molecule has 0 saturated carbocycles. The number of rotatable bonds is 3. The van der Waals surface area contributed by atoms with Crippen molar-refractivity contribution in [3.63, 3.8) is 0 Å². The van der Waals surface area contributed by atoms with E-state index in [9.17, 15) is 4.79 Å². The van der Waals surface area contributed by atoms with Crippen LogP contribution in [0.3, 0.4) is 0 Å². The van der Waals surface area contributed by atoms with Crippen LogP contribution in [0.5, 0.6) is 0 Å². The number of nitrogens with one attached hydrogen (secondary N) is 1. The molecule has 94 valence electrons. The van der Waals surface area contributed by atoms with Crippen molar-refractivity contribution in [3.8, 4) is 0 Å². The lowest BCUT2D eigenvalue weighted by Gasteiger charge is -2.23. The van der Waals surface area contributed by atoms with Gasteiger partial charge in [0.1, 0.15) is 5.69 Å². The van der Waals surface area contributed by atoms with Crippen LogP contribution in [-0.2, 0) is 0 Å². The highest BCUT2D eigenvalue weighted by molar-refractivity contribution is 5.81. The van der Waals surface area contributed by atoms with E-state index in [4.69, 9.17) is 5.73 Å². The summed E-state index contributed by atoms with van der Waals surface area (Å²) in [4.78, 5) is 10.4. The van der Waals surface area contributed by atoms with Crippen LogP contribution in [0.2, 0.25) is 0 Å². The Morgan fingerprint density at radius 2 is 1.82 bits per heavy atom. The fourth-order valence-corrected chi connectivity index (χ4v) is 1.18. The molecule has 3 N–H and O–H groups in total. The number of halogens is 1. The number of carbonyl (C=O) groups excluding carboxylic acids is 1. The number of amides is 2. The van der Waals surface area contributed by atoms with Gasteiger partial charge >= 0.3 is 6.03 Å². The second kappa shape index (κ2) is 6.55. The van der Waals surface area contributed by atoms with E-state index in [2.05, 4.69) is 31.7 Å². The van der Waals surface area contributed by atoms with Crippen LogP contribution >= 0.6 is 0 Å². The molecule has 0 aliphatic heterocycles. The molecule has 0 fully saturated rings. The van der Waals surface area contributed by atoms with E-state index in [0.29, 0.717) is 0 Å². The van der Waals surface area contributed by atoms with E-state index in [1.807, 2.05) is 24.3 Å². The van der Waals surface area contributed by atoms with E-state index in [1.165, 1.54) is 5.69 Å². The summed E-state index contributed by atoms with van der Waals surface area (Å²) in [5.41, 5.74) is 9.12. The van der Waals surface area contributed by atoms with Gasteiger partial charge in [0.15, 0.2) is 0 Å². The third kappa shape index (κ3) is 5.64. The molecule has 0 atom stereocenters. The van der Waals surface area contributed by atoms with Gasteiger partial charge in [0.2, 0.25) is 0 Å². The topological polar surface area (TPSA) is 67.5 Å². The Balaban J connectivity index is 0.00000256. The number of hydrazone groups is 1. The monoisotopic (exact) mass is 348 g/mol. The Morgan fingerprint density at radius 3 is 2.24 bits per heavy atom. The Hall–Kier alpha value is -1.15. The Morgan fingerprint density at radius 1 is 1.29 bits per heavy atom. The molecule has 0 unspecified atom stereocenters. The molecule has 1 rings (SSSR count). The summed E-state index contributed by atoms with van der Waals surface area (Å²) in [5.74, 6) is 0. The largest absolute Gasteiger partial charge is 1.00 e. The van der Waals surface area contributed by atoms with Crippen LogP contribution in [0, 0.1) is 0 Å². The van der Waals surface area contributed by atoms with Gasteiger partial charge in [-0.25, -0.2) is 10.2 Å². The van der Waals surface area contributed by atoms with Crippen molar-refractivity contribution >= 4 is 17.9 Å². The van der Waals surface area contributed by atoms with E-state index in [-0.39, 0.29) is 24.0 Å². The summed E-state index contributed by atoms with van der Waals surface area (Å²) in [6.07, 6.45) is 1.55. The summed E-state index contributed by atoms with van der Waals surface area (Å²) >= 11 is 0. The third-order valence-electron chi connectivity index (χ3n) is 2.06. The molecular formula is C11H17IN4O. The minimum atomic E-state index is -0.667. The summed E-state index contributed by atoms with van der Waals surface area (Å²) in [6.45, 7) is 0. The average Bonchev–Trinajstić information content (AvgIpc) is 2.16. The molecule has 5 nitrogen and oxygen atoms in total. The zero-order valence-electron chi connectivity index (χ0n) is 10.1. The molecule has 0 aliphatic carbocycles. The first-order valence-corrected chi connectivity index (χ1v) is 4.90. The van der Waals surface area contributed by atoms with E-state index >= 15 is 0 Å². The molecule has 0 saturated heterocycles. The molecular weight excluding hydrogens is 331 g/mol. The number of hydrogen-bond acceptors (Lipinski definition) is 2. The van der Waals surface area contributed by atoms with Gasteiger partial charge in [-0.1, -0.05) is 0 Å². The van der Waals surface area contributed by atoms with Crippen molar-refractivity contribution in [1.29, 1.82) is 0 Å². The van der Waals surface area contributed by atoms with E-state index in [0.717, 1.165) is 10.0 Å². The minimum absolute atomic E-state index is 0. The van der Waals surface area contributed by atoms with Crippen molar-refractivity contribution in [2.45, 2.75) is 0 Å². The van der Waals surface area contributed by atoms with Crippen molar-refractivity contribution in [1.82, 2.24) is 9.91 Å². The summed E-state index contributed by atoms with van der Waals surface area (Å²) in [7, 11) is 6.28. The van der Waals surface area contributed by atoms with Gasteiger partial charge in [0.05, 0.1) is 27.4 Å². The van der Waals surface area contributed by atoms with Gasteiger partial charge in [-0.15, -0.1) is 0 Å². The highest BCUT2D eigenvalue weighted by Crippen LogP contribution is 2.16. The maximum atomic E-state index is 10.4. The molecule has 0 aromatic heterocycles. The van der Waals surface area contributed by atoms with Crippen LogP contribution in [-0.4, -0.2) is 33.4 Å². The second-order valence-corrected chi connectivity index (χ2v) is 4.34. The van der Waals surface area contributed by atoms with E-state index < -0.39 is 6.03 Å². The van der Waals surface area contributed by atoms with Crippen LogP contribution in [0.25, 0.3) is 0 Å². The lowest BCUT2D eigenvalue weighted by molar-refractivity contribution is -0.00000698. The molecule has 0 bridgehead atoms. The number of quaternary nitrogens is 1. The van der Waals surface area contributed by atoms with Crippen molar-refractivity contribution in [2.24, 2.45) is 10.8 Å². The summed E-state index contributed by atoms with van der Waals surface area (Å²) in [5, 5.41) is 3.68. The quantitative estimate of drug-likeness (QED) is 0.279. The number of primary amides is 1. The smallest absolute Gasteiger partial charge is 0.332 e. The molecule has 1 aromatic rings. The van der Waals surface area contributed by atoms with Gasteiger partial charge in [-0.3, -0.25) is 4.48 Å². The predicted octanol–water partition coefficient (Wildman–Crippen LogP) is -2.11. The second-order valence-electron chi connectivity index (χ2n) is 4.34. The van der Waals surface area contributed by atoms with Crippen molar-refractivity contribution < 1.29 is 28.8 Å². The maximum Gasteiger partial charge on any atom is 0.332 e. The average molecular weight is 348 g/mol. The SMILES string of the molecule is C[N+](C)(C)c1ccc(C=NNC(N)=O)cc1.[I-]. The lowest BCUT2D eigenvalue weighted by atomic mass is 10.2. The van der Waals surface area contributed by atoms with Crippen molar-refractivity contribution in [2.75, 3.05) is 21.1 Å². The van der Waals surface area contributed by atoms with Crippen molar-refractivity contribution in [3.05, 3.63) is 29.8 Å². The zero-order chi connectivity index (χ0) is 12.2. The lowest BCUT2D eigenvalue weighted by Crippen LogP contribution is -3.00. The highest BCUT2D eigenvalue weighted by Gasteiger charge is 2.10. The van der Waals surface area contributed by atoms with Crippen LogP contribution < -0.4 is 39.6 Å². The first kappa shape index (κ1) is 15.9. The number of nitrogens with zero attached hydrogens (tertiary/aromatic N) is 2. The fourth-order valence-electron chi connectivity index (χ4n) is 1.18. The van der Waals surface area contributed by atoms with Gasteiger partial charge in [0.25, 0.3) is 0 Å².